The zero-order chi connectivity index (χ0) is 14.3. The summed E-state index contributed by atoms with van der Waals surface area (Å²) in [7, 11) is -8.47. The lowest BCUT2D eigenvalue weighted by Crippen LogP contribution is -2.03. The fourth-order valence-corrected chi connectivity index (χ4v) is 2.64. The van der Waals surface area contributed by atoms with Crippen LogP contribution in [-0.2, 0) is 15.6 Å². The molecule has 19 heavy (non-hydrogen) atoms. The molecule has 0 aliphatic carbocycles. The smallest absolute Gasteiger partial charge is 0.324 e. The van der Waals surface area contributed by atoms with Crippen molar-refractivity contribution >= 4 is 26.3 Å². The summed E-state index contributed by atoms with van der Waals surface area (Å²) < 4.78 is 23.3. The number of nitrogens with zero attached hydrogens (tertiary/aromatic N) is 2. The Morgan fingerprint density at radius 3 is 2.37 bits per heavy atom. The molecule has 2 aromatic heterocycles. The second-order valence-electron chi connectivity index (χ2n) is 4.08. The first-order valence-corrected chi connectivity index (χ1v) is 8.64. The van der Waals surface area contributed by atoms with Gasteiger partial charge in [-0.3, -0.25) is 9.13 Å². The molecule has 0 spiro atoms. The number of pyridine rings is 1. The Kier molecular flexibility index (Phi) is 3.66. The minimum atomic E-state index is -4.40. The van der Waals surface area contributed by atoms with Gasteiger partial charge in [0.05, 0.1) is 6.16 Å². The summed E-state index contributed by atoms with van der Waals surface area (Å²) in [5.41, 5.74) is 0.670. The van der Waals surface area contributed by atoms with E-state index in [2.05, 4.69) is 4.98 Å². The first kappa shape index (κ1) is 14.4. The molecule has 0 atom stereocenters. The van der Waals surface area contributed by atoms with Crippen molar-refractivity contribution in [2.24, 2.45) is 0 Å². The Bertz CT molecular complexity index is 700. The van der Waals surface area contributed by atoms with E-state index in [-0.39, 0.29) is 18.0 Å². The maximum absolute atomic E-state index is 11.1. The van der Waals surface area contributed by atoms with Gasteiger partial charge >= 0.3 is 15.2 Å². The Balaban J connectivity index is 2.31. The van der Waals surface area contributed by atoms with Gasteiger partial charge in [0.25, 0.3) is 0 Å². The van der Waals surface area contributed by atoms with Crippen LogP contribution in [0.3, 0.4) is 0 Å². The number of hydrogen-bond donors (Lipinski definition) is 4. The topological polar surface area (TPSA) is 132 Å². The molecule has 10 heteroatoms. The summed E-state index contributed by atoms with van der Waals surface area (Å²) in [4.78, 5) is 39.4. The van der Waals surface area contributed by atoms with E-state index < -0.39 is 15.2 Å². The number of fused-ring (bicyclic) bond motifs is 1. The van der Waals surface area contributed by atoms with Gasteiger partial charge in [0, 0.05) is 12.4 Å². The molecule has 0 aliphatic heterocycles. The predicted octanol–water partition coefficient (Wildman–Crippen LogP) is -0.143. The molecule has 8 nitrogen and oxygen atoms in total. The van der Waals surface area contributed by atoms with Gasteiger partial charge in [-0.05, 0) is 18.1 Å². The molecule has 0 saturated carbocycles. The lowest BCUT2D eigenvalue weighted by molar-refractivity contribution is 0.372. The molecule has 2 aromatic rings. The number of aromatic nitrogens is 2. The molecule has 4 N–H and O–H groups in total. The van der Waals surface area contributed by atoms with Gasteiger partial charge in [0.15, 0.2) is 5.44 Å². The third kappa shape index (κ3) is 3.73. The standard InChI is InChI=1S/C9H12N2O6P2/c12-18(13,14)4-3-7-1-2-8-10-9(19(15,16)17)6-11(8)5-7/h1-2,5-6H,3-4H2,(H2,12,13,14)(H2,15,16,17). The molecule has 2 rings (SSSR count). The molecule has 104 valence electrons. The molecule has 0 unspecified atom stereocenters. The lowest BCUT2D eigenvalue weighted by atomic mass is 10.2. The summed E-state index contributed by atoms with van der Waals surface area (Å²) in [5, 5.41) is 0. The Hall–Kier alpha value is -1.01. The van der Waals surface area contributed by atoms with Gasteiger partial charge in [0.2, 0.25) is 0 Å². The maximum atomic E-state index is 11.1. The minimum Gasteiger partial charge on any atom is -0.324 e. The zero-order valence-corrected chi connectivity index (χ0v) is 11.4. The van der Waals surface area contributed by atoms with E-state index >= 15 is 0 Å². The van der Waals surface area contributed by atoms with Crippen LogP contribution in [-0.4, -0.2) is 35.1 Å². The second-order valence-corrected chi connectivity index (χ2v) is 7.41. The van der Waals surface area contributed by atoms with Gasteiger partial charge in [-0.2, -0.15) is 0 Å². The van der Waals surface area contributed by atoms with Gasteiger partial charge in [-0.25, -0.2) is 4.98 Å². The Morgan fingerprint density at radius 1 is 1.11 bits per heavy atom. The highest BCUT2D eigenvalue weighted by Crippen LogP contribution is 2.35. The second kappa shape index (κ2) is 4.83. The highest BCUT2D eigenvalue weighted by molar-refractivity contribution is 7.60. The van der Waals surface area contributed by atoms with Crippen LogP contribution >= 0.6 is 15.2 Å². The minimum absolute atomic E-state index is 0.170. The molecule has 0 aliphatic rings. The van der Waals surface area contributed by atoms with Crippen LogP contribution in [0.2, 0.25) is 0 Å². The van der Waals surface area contributed by atoms with Crippen molar-refractivity contribution in [3.63, 3.8) is 0 Å². The van der Waals surface area contributed by atoms with Crippen LogP contribution in [0.25, 0.3) is 5.65 Å². The molecular weight excluding hydrogens is 294 g/mol. The predicted molar refractivity (Wildman–Crippen MR) is 67.5 cm³/mol. The third-order valence-electron chi connectivity index (χ3n) is 2.49. The van der Waals surface area contributed by atoms with E-state index in [1.807, 2.05) is 0 Å². The van der Waals surface area contributed by atoms with Gasteiger partial charge < -0.3 is 24.0 Å². The lowest BCUT2D eigenvalue weighted by Gasteiger charge is -2.04. The van der Waals surface area contributed by atoms with Gasteiger partial charge in [-0.15, -0.1) is 0 Å². The maximum Gasteiger partial charge on any atom is 0.376 e. The van der Waals surface area contributed by atoms with Crippen molar-refractivity contribution < 1.29 is 28.7 Å². The average molecular weight is 306 g/mol. The first-order valence-electron chi connectivity index (χ1n) is 5.23. The van der Waals surface area contributed by atoms with E-state index in [0.717, 1.165) is 0 Å². The van der Waals surface area contributed by atoms with Crippen LogP contribution in [0.5, 0.6) is 0 Å². The van der Waals surface area contributed by atoms with Crippen molar-refractivity contribution in [3.8, 4) is 0 Å². The quantitative estimate of drug-likeness (QED) is 0.578. The van der Waals surface area contributed by atoms with Gasteiger partial charge in [-0.1, -0.05) is 6.07 Å². The van der Waals surface area contributed by atoms with E-state index in [9.17, 15) is 9.13 Å². The average Bonchev–Trinajstić information content (AvgIpc) is 2.67. The molecule has 0 fully saturated rings. The molecule has 0 saturated heterocycles. The summed E-state index contributed by atoms with van der Waals surface area (Å²) in [5.74, 6) is 0. The van der Waals surface area contributed by atoms with Crippen molar-refractivity contribution in [2.45, 2.75) is 6.42 Å². The summed E-state index contributed by atoms with van der Waals surface area (Å²) >= 11 is 0. The number of aryl methyl sites for hydroxylation is 1. The van der Waals surface area contributed by atoms with Crippen LogP contribution in [0.15, 0.2) is 24.5 Å². The monoisotopic (exact) mass is 306 g/mol. The van der Waals surface area contributed by atoms with Crippen molar-refractivity contribution in [2.75, 3.05) is 6.16 Å². The molecule has 0 bridgehead atoms. The molecular formula is C9H12N2O6P2. The SMILES string of the molecule is O=P(O)(O)CCc1ccc2nc(P(=O)(O)O)cn2c1. The summed E-state index contributed by atoms with van der Waals surface area (Å²) in [6.45, 7) is 0. The first-order chi connectivity index (χ1) is 8.65. The van der Waals surface area contributed by atoms with Crippen LogP contribution < -0.4 is 5.44 Å². The van der Waals surface area contributed by atoms with E-state index in [1.54, 1.807) is 6.07 Å². The molecule has 0 amide bonds. The van der Waals surface area contributed by atoms with E-state index in [0.29, 0.717) is 11.2 Å². The highest BCUT2D eigenvalue weighted by atomic mass is 31.2. The molecule has 0 aromatic carbocycles. The number of hydrogen-bond acceptors (Lipinski definition) is 3. The summed E-state index contributed by atoms with van der Waals surface area (Å²) in [6, 6.07) is 3.15. The Morgan fingerprint density at radius 2 is 1.79 bits per heavy atom. The van der Waals surface area contributed by atoms with Crippen molar-refractivity contribution in [1.29, 1.82) is 0 Å². The summed E-state index contributed by atoms with van der Waals surface area (Å²) in [6.07, 6.45) is 2.64. The van der Waals surface area contributed by atoms with Crippen LogP contribution in [0, 0.1) is 0 Å². The van der Waals surface area contributed by atoms with Crippen LogP contribution in [0.4, 0.5) is 0 Å². The van der Waals surface area contributed by atoms with Crippen molar-refractivity contribution in [1.82, 2.24) is 9.38 Å². The fourth-order valence-electron chi connectivity index (χ4n) is 1.59. The van der Waals surface area contributed by atoms with Crippen molar-refractivity contribution in [3.05, 3.63) is 30.1 Å². The number of imidazole rings is 1. The normalized spacial score (nSPS) is 13.1. The van der Waals surface area contributed by atoms with Gasteiger partial charge in [0.1, 0.15) is 5.65 Å². The molecule has 2 heterocycles. The van der Waals surface area contributed by atoms with Crippen LogP contribution in [0.1, 0.15) is 5.56 Å². The molecule has 0 radical (unpaired) electrons. The number of rotatable bonds is 4. The fraction of sp³-hybridized carbons (Fsp3) is 0.222. The van der Waals surface area contributed by atoms with E-state index in [4.69, 9.17) is 19.6 Å². The highest BCUT2D eigenvalue weighted by Gasteiger charge is 2.21. The van der Waals surface area contributed by atoms with E-state index in [1.165, 1.54) is 22.9 Å². The Labute approximate surface area is 108 Å². The third-order valence-corrected chi connectivity index (χ3v) is 4.11. The largest absolute Gasteiger partial charge is 0.376 e. The zero-order valence-electron chi connectivity index (χ0n) is 9.62.